The van der Waals surface area contributed by atoms with Crippen molar-refractivity contribution in [3.8, 4) is 5.75 Å². The molecule has 3 rings (SSSR count). The van der Waals surface area contributed by atoms with Crippen molar-refractivity contribution in [1.29, 1.82) is 0 Å². The Bertz CT molecular complexity index is 694. The summed E-state index contributed by atoms with van der Waals surface area (Å²) in [5.41, 5.74) is 7.62. The minimum Gasteiger partial charge on any atom is -0.489 e. The SMILES string of the molecule is CC1CCN(C(=O)c2ccc(OCc3ccncc3)cc2)C(CN)C1.Cl. The number of hydrogen-bond acceptors (Lipinski definition) is 4. The number of nitrogens with two attached hydrogens (primary N) is 1. The average Bonchev–Trinajstić information content (AvgIpc) is 2.67. The molecule has 2 heterocycles. The molecule has 140 valence electrons. The van der Waals surface area contributed by atoms with Crippen LogP contribution < -0.4 is 10.5 Å². The molecule has 2 aromatic rings. The predicted octanol–water partition coefficient (Wildman–Crippen LogP) is 3.28. The second kappa shape index (κ2) is 9.55. The van der Waals surface area contributed by atoms with E-state index in [2.05, 4.69) is 11.9 Å². The van der Waals surface area contributed by atoms with Gasteiger partial charge in [-0.15, -0.1) is 12.4 Å². The number of hydrogen-bond donors (Lipinski definition) is 1. The van der Waals surface area contributed by atoms with Crippen LogP contribution in [0.2, 0.25) is 0 Å². The first-order chi connectivity index (χ1) is 12.2. The number of pyridine rings is 1. The van der Waals surface area contributed by atoms with Crippen LogP contribution >= 0.6 is 12.4 Å². The number of nitrogens with zero attached hydrogens (tertiary/aromatic N) is 2. The van der Waals surface area contributed by atoms with Crippen LogP contribution in [0.25, 0.3) is 0 Å². The molecule has 1 saturated heterocycles. The van der Waals surface area contributed by atoms with Gasteiger partial charge in [0, 0.05) is 37.1 Å². The van der Waals surface area contributed by atoms with E-state index in [0.29, 0.717) is 24.6 Å². The number of aromatic nitrogens is 1. The van der Waals surface area contributed by atoms with Crippen LogP contribution in [0, 0.1) is 5.92 Å². The molecular weight excluding hydrogens is 350 g/mol. The summed E-state index contributed by atoms with van der Waals surface area (Å²) in [6, 6.07) is 11.3. The van der Waals surface area contributed by atoms with Crippen molar-refractivity contribution in [3.05, 3.63) is 59.9 Å². The molecule has 5 nitrogen and oxygen atoms in total. The highest BCUT2D eigenvalue weighted by molar-refractivity contribution is 5.94. The van der Waals surface area contributed by atoms with E-state index < -0.39 is 0 Å². The molecule has 6 heteroatoms. The summed E-state index contributed by atoms with van der Waals surface area (Å²) >= 11 is 0. The van der Waals surface area contributed by atoms with Crippen LogP contribution in [0.15, 0.2) is 48.8 Å². The zero-order valence-electron chi connectivity index (χ0n) is 15.0. The summed E-state index contributed by atoms with van der Waals surface area (Å²) < 4.78 is 5.76. The van der Waals surface area contributed by atoms with E-state index in [1.54, 1.807) is 12.4 Å². The lowest BCUT2D eigenvalue weighted by Crippen LogP contribution is -2.49. The van der Waals surface area contributed by atoms with E-state index in [0.717, 1.165) is 30.7 Å². The predicted molar refractivity (Wildman–Crippen MR) is 105 cm³/mol. The number of halogens is 1. The first kappa shape index (κ1) is 20.2. The van der Waals surface area contributed by atoms with E-state index in [1.165, 1.54) is 0 Å². The van der Waals surface area contributed by atoms with Gasteiger partial charge in [-0.1, -0.05) is 6.92 Å². The molecular formula is C20H26ClN3O2. The summed E-state index contributed by atoms with van der Waals surface area (Å²) in [6.07, 6.45) is 5.51. The van der Waals surface area contributed by atoms with Gasteiger partial charge in [0.25, 0.3) is 5.91 Å². The first-order valence-corrected chi connectivity index (χ1v) is 8.80. The highest BCUT2D eigenvalue weighted by atomic mass is 35.5. The molecule has 0 aliphatic carbocycles. The Labute approximate surface area is 161 Å². The van der Waals surface area contributed by atoms with Crippen LogP contribution in [-0.2, 0) is 6.61 Å². The fourth-order valence-electron chi connectivity index (χ4n) is 3.25. The average molecular weight is 376 g/mol. The fraction of sp³-hybridized carbons (Fsp3) is 0.400. The quantitative estimate of drug-likeness (QED) is 0.870. The molecule has 1 aliphatic heterocycles. The molecule has 0 saturated carbocycles. The monoisotopic (exact) mass is 375 g/mol. The molecule has 1 aliphatic rings. The standard InChI is InChI=1S/C20H25N3O2.ClH/c1-15-8-11-23(18(12-15)13-21)20(24)17-2-4-19(5-3-17)25-14-16-6-9-22-10-7-16;/h2-7,9-10,15,18H,8,11-14,21H2,1H3;1H. The van der Waals surface area contributed by atoms with E-state index in [9.17, 15) is 4.79 Å². The van der Waals surface area contributed by atoms with Crippen LogP contribution in [0.4, 0.5) is 0 Å². The van der Waals surface area contributed by atoms with E-state index in [4.69, 9.17) is 10.5 Å². The van der Waals surface area contributed by atoms with Crippen molar-refractivity contribution in [2.45, 2.75) is 32.4 Å². The minimum absolute atomic E-state index is 0. The van der Waals surface area contributed by atoms with E-state index in [-0.39, 0.29) is 24.4 Å². The zero-order valence-corrected chi connectivity index (χ0v) is 15.8. The minimum atomic E-state index is 0. The summed E-state index contributed by atoms with van der Waals surface area (Å²) in [7, 11) is 0. The van der Waals surface area contributed by atoms with Crippen molar-refractivity contribution in [2.24, 2.45) is 11.7 Å². The maximum Gasteiger partial charge on any atom is 0.254 e. The molecule has 2 N–H and O–H groups in total. The molecule has 0 bridgehead atoms. The third-order valence-corrected chi connectivity index (χ3v) is 4.77. The zero-order chi connectivity index (χ0) is 17.6. The highest BCUT2D eigenvalue weighted by Gasteiger charge is 2.29. The molecule has 1 fully saturated rings. The highest BCUT2D eigenvalue weighted by Crippen LogP contribution is 2.24. The molecule has 26 heavy (non-hydrogen) atoms. The Morgan fingerprint density at radius 1 is 1.23 bits per heavy atom. The Hall–Kier alpha value is -2.11. The molecule has 0 radical (unpaired) electrons. The number of ether oxygens (including phenoxy) is 1. The van der Waals surface area contributed by atoms with E-state index in [1.807, 2.05) is 41.3 Å². The van der Waals surface area contributed by atoms with Gasteiger partial charge in [0.15, 0.2) is 0 Å². The van der Waals surface area contributed by atoms with Gasteiger partial charge in [-0.25, -0.2) is 0 Å². The number of carbonyl (C=O) groups excluding carboxylic acids is 1. The fourth-order valence-corrected chi connectivity index (χ4v) is 3.25. The molecule has 1 aromatic carbocycles. The lowest BCUT2D eigenvalue weighted by molar-refractivity contribution is 0.0573. The summed E-state index contributed by atoms with van der Waals surface area (Å²) in [4.78, 5) is 18.7. The third-order valence-electron chi connectivity index (χ3n) is 4.77. The van der Waals surface area contributed by atoms with Crippen LogP contribution in [-0.4, -0.2) is 34.9 Å². The van der Waals surface area contributed by atoms with Gasteiger partial charge in [-0.2, -0.15) is 0 Å². The number of amides is 1. The largest absolute Gasteiger partial charge is 0.489 e. The summed E-state index contributed by atoms with van der Waals surface area (Å²) in [5.74, 6) is 1.43. The normalized spacial score (nSPS) is 19.5. The van der Waals surface area contributed by atoms with E-state index >= 15 is 0 Å². The second-order valence-corrected chi connectivity index (χ2v) is 6.69. The number of carbonyl (C=O) groups is 1. The maximum absolute atomic E-state index is 12.8. The van der Waals surface area contributed by atoms with Gasteiger partial charge in [0.05, 0.1) is 0 Å². The summed E-state index contributed by atoms with van der Waals surface area (Å²) in [5, 5.41) is 0. The van der Waals surface area contributed by atoms with Gasteiger partial charge < -0.3 is 15.4 Å². The molecule has 2 atom stereocenters. The van der Waals surface area contributed by atoms with Crippen molar-refractivity contribution < 1.29 is 9.53 Å². The van der Waals surface area contributed by atoms with Gasteiger partial charge in [0.1, 0.15) is 12.4 Å². The number of rotatable bonds is 5. The molecule has 1 amide bonds. The Morgan fingerprint density at radius 3 is 2.58 bits per heavy atom. The first-order valence-electron chi connectivity index (χ1n) is 8.80. The Balaban J connectivity index is 0.00000243. The smallest absolute Gasteiger partial charge is 0.254 e. The molecule has 1 aromatic heterocycles. The van der Waals surface area contributed by atoms with Crippen LogP contribution in [0.5, 0.6) is 5.75 Å². The lowest BCUT2D eigenvalue weighted by atomic mass is 9.92. The third kappa shape index (κ3) is 4.96. The van der Waals surface area contributed by atoms with Crippen molar-refractivity contribution >= 4 is 18.3 Å². The maximum atomic E-state index is 12.8. The summed E-state index contributed by atoms with van der Waals surface area (Å²) in [6.45, 7) is 4.00. The lowest BCUT2D eigenvalue weighted by Gasteiger charge is -2.38. The van der Waals surface area contributed by atoms with Crippen LogP contribution in [0.3, 0.4) is 0 Å². The van der Waals surface area contributed by atoms with Crippen molar-refractivity contribution in [3.63, 3.8) is 0 Å². The number of likely N-dealkylation sites (tertiary alicyclic amines) is 1. The van der Waals surface area contributed by atoms with Crippen LogP contribution in [0.1, 0.15) is 35.7 Å². The van der Waals surface area contributed by atoms with Gasteiger partial charge >= 0.3 is 0 Å². The Morgan fingerprint density at radius 2 is 1.92 bits per heavy atom. The second-order valence-electron chi connectivity index (χ2n) is 6.69. The molecule has 0 spiro atoms. The number of piperidine rings is 1. The van der Waals surface area contributed by atoms with Gasteiger partial charge in [-0.3, -0.25) is 9.78 Å². The Kier molecular flexibility index (Phi) is 7.42. The molecule has 2 unspecified atom stereocenters. The van der Waals surface area contributed by atoms with Crippen molar-refractivity contribution in [2.75, 3.05) is 13.1 Å². The topological polar surface area (TPSA) is 68.5 Å². The van der Waals surface area contributed by atoms with Gasteiger partial charge in [0.2, 0.25) is 0 Å². The van der Waals surface area contributed by atoms with Gasteiger partial charge in [-0.05, 0) is 60.7 Å². The van der Waals surface area contributed by atoms with Crippen molar-refractivity contribution in [1.82, 2.24) is 9.88 Å². The number of benzene rings is 1.